The van der Waals surface area contributed by atoms with Gasteiger partial charge in [0.15, 0.2) is 5.75 Å². The Hall–Kier alpha value is -2.39. The fourth-order valence-electron chi connectivity index (χ4n) is 2.83. The summed E-state index contributed by atoms with van der Waals surface area (Å²) in [6, 6.07) is 1.06. The first-order valence-electron chi connectivity index (χ1n) is 8.34. The molecule has 11 heteroatoms. The van der Waals surface area contributed by atoms with E-state index in [2.05, 4.69) is 15.0 Å². The molecular weight excluding hydrogens is 419 g/mol. The molecule has 0 spiro atoms. The van der Waals surface area contributed by atoms with Crippen LogP contribution in [0.15, 0.2) is 24.7 Å². The molecule has 7 nitrogen and oxygen atoms in total. The Bertz CT molecular complexity index is 859. The molecule has 0 aliphatic heterocycles. The maximum atomic E-state index is 12.7. The zero-order chi connectivity index (χ0) is 20.3. The number of carbonyl (C=O) groups excluding carboxylic acids is 1. The van der Waals surface area contributed by atoms with Crippen LogP contribution in [0, 0.1) is 5.21 Å². The summed E-state index contributed by atoms with van der Waals surface area (Å²) in [5.41, 5.74) is -0.340. The van der Waals surface area contributed by atoms with E-state index in [9.17, 15) is 18.8 Å². The van der Waals surface area contributed by atoms with E-state index in [1.807, 2.05) is 0 Å². The van der Waals surface area contributed by atoms with Crippen molar-refractivity contribution < 1.29 is 27.8 Å². The van der Waals surface area contributed by atoms with E-state index in [4.69, 9.17) is 27.9 Å². The minimum atomic E-state index is -3.15. The Labute approximate surface area is 168 Å². The van der Waals surface area contributed by atoms with Gasteiger partial charge < -0.3 is 20.0 Å². The van der Waals surface area contributed by atoms with Gasteiger partial charge in [-0.2, -0.15) is 13.5 Å². The highest BCUT2D eigenvalue weighted by molar-refractivity contribution is 6.39. The Kier molecular flexibility index (Phi) is 6.35. The van der Waals surface area contributed by atoms with E-state index in [1.54, 1.807) is 0 Å². The number of aromatic nitrogens is 2. The molecule has 0 atom stereocenters. The lowest BCUT2D eigenvalue weighted by Crippen LogP contribution is -2.37. The highest BCUT2D eigenvalue weighted by atomic mass is 35.5. The topological polar surface area (TPSA) is 87.4 Å². The summed E-state index contributed by atoms with van der Waals surface area (Å²) in [5.74, 6) is -1.42. The standard InChI is InChI=1S/C17H15Cl2F2N3O4/c18-10-6-22-7-11(19)15(10)23-16(25)12-5-13(27-9-3-1-2-4-9)14(8-24(12)26)28-17(20)21/h5-9,17H,1-4H2,(H,22,23,25). The number of hydrogen-bond acceptors (Lipinski definition) is 5. The van der Waals surface area contributed by atoms with Crippen LogP contribution in [0.3, 0.4) is 0 Å². The third kappa shape index (κ3) is 4.71. The third-order valence-corrected chi connectivity index (χ3v) is 4.69. The number of anilines is 1. The number of ether oxygens (including phenoxy) is 2. The van der Waals surface area contributed by atoms with Crippen molar-refractivity contribution in [1.29, 1.82) is 0 Å². The van der Waals surface area contributed by atoms with Gasteiger partial charge in [0.05, 0.1) is 27.9 Å². The average molecular weight is 434 g/mol. The maximum Gasteiger partial charge on any atom is 0.387 e. The van der Waals surface area contributed by atoms with E-state index in [0.29, 0.717) is 0 Å². The molecule has 1 aliphatic rings. The second-order valence-electron chi connectivity index (χ2n) is 6.05. The molecule has 2 aromatic rings. The Morgan fingerprint density at radius 3 is 2.50 bits per heavy atom. The number of nitrogens with one attached hydrogen (secondary N) is 1. The van der Waals surface area contributed by atoms with Gasteiger partial charge in [0.1, 0.15) is 0 Å². The predicted octanol–water partition coefficient (Wildman–Crippen LogP) is 4.20. The van der Waals surface area contributed by atoms with E-state index in [-0.39, 0.29) is 32.3 Å². The number of hydrogen-bond donors (Lipinski definition) is 1. The van der Waals surface area contributed by atoms with Crippen molar-refractivity contribution in [1.82, 2.24) is 4.98 Å². The van der Waals surface area contributed by atoms with Gasteiger partial charge in [0, 0.05) is 12.4 Å². The first kappa shape index (κ1) is 20.3. The van der Waals surface area contributed by atoms with Crippen molar-refractivity contribution in [3.05, 3.63) is 45.6 Å². The van der Waals surface area contributed by atoms with Gasteiger partial charge in [-0.15, -0.1) is 0 Å². The smallest absolute Gasteiger partial charge is 0.387 e. The normalized spacial score (nSPS) is 14.3. The Morgan fingerprint density at radius 1 is 1.25 bits per heavy atom. The largest absolute Gasteiger partial charge is 0.618 e. The van der Waals surface area contributed by atoms with E-state index in [1.165, 1.54) is 12.4 Å². The minimum Gasteiger partial charge on any atom is -0.618 e. The number of halogens is 4. The van der Waals surface area contributed by atoms with Crippen molar-refractivity contribution in [3.63, 3.8) is 0 Å². The molecule has 1 fully saturated rings. The lowest BCUT2D eigenvalue weighted by molar-refractivity contribution is -0.608. The molecule has 2 heterocycles. The molecule has 0 aromatic carbocycles. The lowest BCUT2D eigenvalue weighted by Gasteiger charge is -2.17. The maximum absolute atomic E-state index is 12.7. The molecule has 3 rings (SSSR count). The van der Waals surface area contributed by atoms with Crippen LogP contribution in [-0.2, 0) is 0 Å². The minimum absolute atomic E-state index is 0.0644. The summed E-state index contributed by atoms with van der Waals surface area (Å²) >= 11 is 11.9. The number of rotatable bonds is 6. The second-order valence-corrected chi connectivity index (χ2v) is 6.86. The fourth-order valence-corrected chi connectivity index (χ4v) is 3.29. The molecule has 1 aliphatic carbocycles. The fraction of sp³-hybridized carbons (Fsp3) is 0.353. The van der Waals surface area contributed by atoms with Crippen LogP contribution in [0.5, 0.6) is 11.5 Å². The summed E-state index contributed by atoms with van der Waals surface area (Å²) < 4.78 is 35.5. The molecule has 150 valence electrons. The summed E-state index contributed by atoms with van der Waals surface area (Å²) in [6.45, 7) is -3.15. The van der Waals surface area contributed by atoms with Crippen LogP contribution in [0.1, 0.15) is 36.2 Å². The van der Waals surface area contributed by atoms with E-state index < -0.39 is 24.0 Å². The molecular formula is C17H15Cl2F2N3O4. The number of nitrogens with zero attached hydrogens (tertiary/aromatic N) is 2. The third-order valence-electron chi connectivity index (χ3n) is 4.12. The second kappa shape index (κ2) is 8.74. The molecule has 2 aromatic heterocycles. The number of alkyl halides is 2. The van der Waals surface area contributed by atoms with Crippen molar-refractivity contribution >= 4 is 34.8 Å². The van der Waals surface area contributed by atoms with Crippen LogP contribution < -0.4 is 19.5 Å². The van der Waals surface area contributed by atoms with Crippen molar-refractivity contribution in [3.8, 4) is 11.5 Å². The summed E-state index contributed by atoms with van der Waals surface area (Å²) in [6.07, 6.45) is 6.41. The monoisotopic (exact) mass is 433 g/mol. The quantitative estimate of drug-likeness (QED) is 0.544. The van der Waals surface area contributed by atoms with Crippen molar-refractivity contribution in [2.24, 2.45) is 0 Å². The van der Waals surface area contributed by atoms with Crippen LogP contribution in [0.2, 0.25) is 10.0 Å². The lowest BCUT2D eigenvalue weighted by atomic mass is 10.2. The zero-order valence-electron chi connectivity index (χ0n) is 14.3. The zero-order valence-corrected chi connectivity index (χ0v) is 15.8. The van der Waals surface area contributed by atoms with Crippen molar-refractivity contribution in [2.75, 3.05) is 5.32 Å². The number of pyridine rings is 2. The number of amides is 1. The van der Waals surface area contributed by atoms with Gasteiger partial charge in [-0.05, 0) is 25.7 Å². The van der Waals surface area contributed by atoms with Gasteiger partial charge in [-0.25, -0.2) is 0 Å². The summed E-state index contributed by atoms with van der Waals surface area (Å²) in [7, 11) is 0. The average Bonchev–Trinajstić information content (AvgIpc) is 3.13. The predicted molar refractivity (Wildman–Crippen MR) is 97.1 cm³/mol. The molecule has 0 radical (unpaired) electrons. The Balaban J connectivity index is 1.92. The molecule has 0 bridgehead atoms. The van der Waals surface area contributed by atoms with Gasteiger partial charge in [0.25, 0.3) is 5.69 Å². The Morgan fingerprint density at radius 2 is 1.89 bits per heavy atom. The van der Waals surface area contributed by atoms with Gasteiger partial charge in [-0.3, -0.25) is 9.78 Å². The SMILES string of the molecule is O=C(Nc1c(Cl)cncc1Cl)c1cc(OC2CCCC2)c(OC(F)F)c[n+]1[O-]. The van der Waals surface area contributed by atoms with Crippen LogP contribution in [-0.4, -0.2) is 23.6 Å². The highest BCUT2D eigenvalue weighted by Crippen LogP contribution is 2.33. The first-order chi connectivity index (χ1) is 13.3. The van der Waals surface area contributed by atoms with Crippen LogP contribution >= 0.6 is 23.2 Å². The molecule has 1 N–H and O–H groups in total. The molecule has 1 saturated carbocycles. The molecule has 1 amide bonds. The number of carbonyl (C=O) groups is 1. The van der Waals surface area contributed by atoms with Crippen LogP contribution in [0.25, 0.3) is 0 Å². The van der Waals surface area contributed by atoms with Crippen molar-refractivity contribution in [2.45, 2.75) is 38.4 Å². The molecule has 0 saturated heterocycles. The summed E-state index contributed by atoms with van der Waals surface area (Å²) in [5, 5.41) is 14.8. The highest BCUT2D eigenvalue weighted by Gasteiger charge is 2.27. The summed E-state index contributed by atoms with van der Waals surface area (Å²) in [4.78, 5) is 16.3. The van der Waals surface area contributed by atoms with Gasteiger partial charge >= 0.3 is 12.5 Å². The van der Waals surface area contributed by atoms with Gasteiger partial charge in [-0.1, -0.05) is 23.2 Å². The molecule has 28 heavy (non-hydrogen) atoms. The van der Waals surface area contributed by atoms with Gasteiger partial charge in [0.2, 0.25) is 11.9 Å². The van der Waals surface area contributed by atoms with Crippen LogP contribution in [0.4, 0.5) is 14.5 Å². The first-order valence-corrected chi connectivity index (χ1v) is 9.09. The molecule has 0 unspecified atom stereocenters. The van der Waals surface area contributed by atoms with E-state index in [0.717, 1.165) is 37.9 Å². The van der Waals surface area contributed by atoms with E-state index >= 15 is 0 Å².